The number of rotatable bonds is 7. The number of Topliss-reactive ketones (excluding diaryl/α,β-unsaturated/α-hetero) is 1. The van der Waals surface area contributed by atoms with Crippen LogP contribution in [0.4, 0.5) is 0 Å². The molecule has 0 amide bonds. The van der Waals surface area contributed by atoms with Crippen LogP contribution in [0.5, 0.6) is 5.95 Å². The van der Waals surface area contributed by atoms with Crippen molar-refractivity contribution in [2.45, 2.75) is 18.9 Å². The van der Waals surface area contributed by atoms with Gasteiger partial charge < -0.3 is 14.4 Å². The van der Waals surface area contributed by atoms with Crippen LogP contribution < -0.4 is 9.79 Å². The average molecular weight is 424 g/mol. The van der Waals surface area contributed by atoms with Gasteiger partial charge in [-0.1, -0.05) is 30.0 Å². The first kappa shape index (κ1) is 21.0. The number of aromatic nitrogens is 3. The van der Waals surface area contributed by atoms with Crippen LogP contribution in [0.15, 0.2) is 45.9 Å². The summed E-state index contributed by atoms with van der Waals surface area (Å²) in [5.41, 5.74) is 0.829. The number of hydrogen-bond donors (Lipinski definition) is 0. The van der Waals surface area contributed by atoms with Gasteiger partial charge in [-0.3, -0.25) is 4.79 Å². The zero-order valence-electron chi connectivity index (χ0n) is 16.1. The number of ether oxygens (including phenoxy) is 1. The van der Waals surface area contributed by atoms with Crippen LogP contribution in [0, 0.1) is 18.3 Å². The van der Waals surface area contributed by atoms with Crippen molar-refractivity contribution in [2.75, 3.05) is 12.4 Å². The number of para-hydroxylation sites is 1. The van der Waals surface area contributed by atoms with Gasteiger partial charge >= 0.3 is 11.7 Å². The van der Waals surface area contributed by atoms with E-state index in [1.54, 1.807) is 44.2 Å². The minimum Gasteiger partial charge on any atom is -0.539 e. The molecule has 0 fully saturated rings. The zero-order valence-corrected chi connectivity index (χ0v) is 16.9. The van der Waals surface area contributed by atoms with Crippen molar-refractivity contribution in [3.8, 4) is 17.7 Å². The number of carbonyl (C=O) groups is 2. The Labute approximate surface area is 175 Å². The molecule has 152 valence electrons. The van der Waals surface area contributed by atoms with Crippen LogP contribution >= 0.6 is 11.8 Å². The lowest BCUT2D eigenvalue weighted by atomic mass is 10.1. The predicted molar refractivity (Wildman–Crippen MR) is 102 cm³/mol. The maximum Gasteiger partial charge on any atom is 0.339 e. The van der Waals surface area contributed by atoms with Crippen LogP contribution in [0.3, 0.4) is 0 Å². The molecule has 0 unspecified atom stereocenters. The van der Waals surface area contributed by atoms with E-state index in [0.29, 0.717) is 11.4 Å². The van der Waals surface area contributed by atoms with E-state index in [9.17, 15) is 20.0 Å². The molecule has 30 heavy (non-hydrogen) atoms. The second-order valence-electron chi connectivity index (χ2n) is 5.99. The fourth-order valence-corrected chi connectivity index (χ4v) is 3.57. The Bertz CT molecular complexity index is 1140. The van der Waals surface area contributed by atoms with Gasteiger partial charge in [-0.25, -0.2) is 9.78 Å². The molecule has 0 aliphatic carbocycles. The van der Waals surface area contributed by atoms with E-state index < -0.39 is 17.7 Å². The zero-order chi connectivity index (χ0) is 21.7. The summed E-state index contributed by atoms with van der Waals surface area (Å²) < 4.78 is 10.8. The van der Waals surface area contributed by atoms with Gasteiger partial charge in [0.1, 0.15) is 11.1 Å². The van der Waals surface area contributed by atoms with E-state index in [4.69, 9.17) is 4.74 Å². The van der Waals surface area contributed by atoms with E-state index in [1.165, 1.54) is 6.07 Å². The summed E-state index contributed by atoms with van der Waals surface area (Å²) in [4.78, 5) is 29.2. The summed E-state index contributed by atoms with van der Waals surface area (Å²) in [6.45, 7) is 3.48. The van der Waals surface area contributed by atoms with E-state index in [-0.39, 0.29) is 34.2 Å². The fourth-order valence-electron chi connectivity index (χ4n) is 2.66. The number of nitriles is 1. The summed E-state index contributed by atoms with van der Waals surface area (Å²) in [6, 6.07) is 12.0. The third-order valence-corrected chi connectivity index (χ3v) is 4.91. The summed E-state index contributed by atoms with van der Waals surface area (Å²) in [5, 5.41) is 25.4. The summed E-state index contributed by atoms with van der Waals surface area (Å²) in [5.74, 6) is -2.28. The molecule has 9 nitrogen and oxygen atoms in total. The Balaban J connectivity index is 1.89. The lowest BCUT2D eigenvalue weighted by Gasteiger charge is -2.09. The van der Waals surface area contributed by atoms with Gasteiger partial charge in [0.05, 0.1) is 28.8 Å². The van der Waals surface area contributed by atoms with Gasteiger partial charge in [0, 0.05) is 17.8 Å². The van der Waals surface area contributed by atoms with Gasteiger partial charge in [0.15, 0.2) is 5.95 Å². The highest BCUT2D eigenvalue weighted by atomic mass is 32.2. The van der Waals surface area contributed by atoms with Crippen molar-refractivity contribution in [2.24, 2.45) is 0 Å². The maximum atomic E-state index is 12.8. The molecule has 0 bridgehead atoms. The number of aryl methyl sites for hydroxylation is 1. The fraction of sp³-hybridized carbons (Fsp3) is 0.200. The molecule has 0 spiro atoms. The quantitative estimate of drug-likeness (QED) is 0.241. The molecule has 0 N–H and O–H groups in total. The number of esters is 1. The molecule has 0 aliphatic heterocycles. The van der Waals surface area contributed by atoms with Crippen molar-refractivity contribution in [3.63, 3.8) is 0 Å². The van der Waals surface area contributed by atoms with Gasteiger partial charge in [0.25, 0.3) is 0 Å². The molecule has 3 rings (SSSR count). The average Bonchev–Trinajstić information content (AvgIpc) is 3.13. The standard InChI is InChI=1S/C20H16N4O5S/c1-3-28-19(26)14-9-12(2)22-18(15(14)10-21)30-11-16(25)17-20(27)29-23-24(17)13-7-5-4-6-8-13/h4-9H,3,11H2,1-2H3. The van der Waals surface area contributed by atoms with Gasteiger partial charge in [-0.15, -0.1) is 0 Å². The summed E-state index contributed by atoms with van der Waals surface area (Å²) in [6.07, 6.45) is 0. The highest BCUT2D eigenvalue weighted by Crippen LogP contribution is 2.26. The first-order valence-corrected chi connectivity index (χ1v) is 9.84. The van der Waals surface area contributed by atoms with Crippen molar-refractivity contribution in [3.05, 3.63) is 58.9 Å². The van der Waals surface area contributed by atoms with Crippen LogP contribution in [0.1, 0.15) is 39.0 Å². The molecule has 0 radical (unpaired) electrons. The Morgan fingerprint density at radius 3 is 2.73 bits per heavy atom. The summed E-state index contributed by atoms with van der Waals surface area (Å²) >= 11 is 0.942. The van der Waals surface area contributed by atoms with E-state index in [1.807, 2.05) is 6.07 Å². The Kier molecular flexibility index (Phi) is 6.44. The number of hydrogen-bond acceptors (Lipinski definition) is 9. The van der Waals surface area contributed by atoms with Crippen LogP contribution in [-0.2, 0) is 4.74 Å². The Morgan fingerprint density at radius 1 is 1.33 bits per heavy atom. The molecule has 0 atom stereocenters. The lowest BCUT2D eigenvalue weighted by Crippen LogP contribution is -2.39. The molecule has 0 aliphatic rings. The first-order chi connectivity index (χ1) is 14.5. The van der Waals surface area contributed by atoms with Crippen molar-refractivity contribution in [1.82, 2.24) is 10.3 Å². The third-order valence-electron chi connectivity index (χ3n) is 3.94. The molecular formula is C20H16N4O5S. The molecule has 2 aromatic heterocycles. The molecule has 3 aromatic rings. The number of carbonyl (C=O) groups excluding carboxylic acids is 2. The molecule has 10 heteroatoms. The topological polar surface area (TPSA) is 133 Å². The number of pyridine rings is 1. The van der Waals surface area contributed by atoms with Crippen molar-refractivity contribution >= 4 is 23.5 Å². The first-order valence-electron chi connectivity index (χ1n) is 8.85. The van der Waals surface area contributed by atoms with Gasteiger partial charge in [-0.05, 0) is 24.6 Å². The van der Waals surface area contributed by atoms with E-state index in [2.05, 4.69) is 14.8 Å². The van der Waals surface area contributed by atoms with E-state index >= 15 is 0 Å². The van der Waals surface area contributed by atoms with Crippen molar-refractivity contribution in [1.29, 1.82) is 5.26 Å². The predicted octanol–water partition coefficient (Wildman–Crippen LogP) is 1.75. The monoisotopic (exact) mass is 424 g/mol. The second kappa shape index (κ2) is 9.19. The minimum atomic E-state index is -0.866. The second-order valence-corrected chi connectivity index (χ2v) is 6.96. The van der Waals surface area contributed by atoms with Crippen LogP contribution in [-0.4, -0.2) is 34.4 Å². The summed E-state index contributed by atoms with van der Waals surface area (Å²) in [7, 11) is 0. The van der Waals surface area contributed by atoms with Gasteiger partial charge in [0.2, 0.25) is 11.5 Å². The highest BCUT2D eigenvalue weighted by Gasteiger charge is 2.28. The smallest absolute Gasteiger partial charge is 0.339 e. The Hall–Kier alpha value is -3.71. The molecule has 1 aromatic carbocycles. The SMILES string of the molecule is CCOC(=O)c1cc(C)nc(SCC(=O)c2c([O-])on[n+]2-c2ccccc2)c1C#N. The molecule has 2 heterocycles. The van der Waals surface area contributed by atoms with E-state index in [0.717, 1.165) is 16.4 Å². The maximum absolute atomic E-state index is 12.8. The minimum absolute atomic E-state index is 0.0143. The molecule has 0 saturated heterocycles. The molecular weight excluding hydrogens is 408 g/mol. The number of nitrogens with zero attached hydrogens (tertiary/aromatic N) is 4. The van der Waals surface area contributed by atoms with Gasteiger partial charge in [-0.2, -0.15) is 5.26 Å². The largest absolute Gasteiger partial charge is 0.539 e. The molecule has 0 saturated carbocycles. The highest BCUT2D eigenvalue weighted by molar-refractivity contribution is 8.00. The third kappa shape index (κ3) is 4.31. The Morgan fingerprint density at radius 2 is 2.07 bits per heavy atom. The number of thioether (sulfide) groups is 1. The van der Waals surface area contributed by atoms with Crippen LogP contribution in [0.25, 0.3) is 5.69 Å². The lowest BCUT2D eigenvalue weighted by molar-refractivity contribution is -0.672. The normalized spacial score (nSPS) is 10.4. The number of benzene rings is 1. The van der Waals surface area contributed by atoms with Crippen molar-refractivity contribution < 1.29 is 28.6 Å². The number of ketones is 1. The van der Waals surface area contributed by atoms with Crippen LogP contribution in [0.2, 0.25) is 0 Å².